The van der Waals surface area contributed by atoms with Gasteiger partial charge in [-0.15, -0.1) is 0 Å². The van der Waals surface area contributed by atoms with Gasteiger partial charge in [-0.2, -0.15) is 0 Å². The summed E-state index contributed by atoms with van der Waals surface area (Å²) in [6.07, 6.45) is 0.877. The Morgan fingerprint density at radius 2 is 2.40 bits per heavy atom. The van der Waals surface area contributed by atoms with Crippen LogP contribution in [0.1, 0.15) is 16.8 Å². The first-order valence-electron chi connectivity index (χ1n) is 6.58. The molecule has 0 aliphatic carbocycles. The van der Waals surface area contributed by atoms with Gasteiger partial charge in [0.05, 0.1) is 12.2 Å². The first kappa shape index (κ1) is 15.4. The van der Waals surface area contributed by atoms with E-state index >= 15 is 0 Å². The number of carbonyl (C=O) groups is 1. The third kappa shape index (κ3) is 3.77. The largest absolute Gasteiger partial charge is 0.383 e. The summed E-state index contributed by atoms with van der Waals surface area (Å²) in [6.45, 7) is 3.24. The van der Waals surface area contributed by atoms with Gasteiger partial charge in [-0.25, -0.2) is 4.39 Å². The number of halogens is 2. The van der Waals surface area contributed by atoms with Gasteiger partial charge < -0.3 is 10.1 Å². The van der Waals surface area contributed by atoms with Gasteiger partial charge >= 0.3 is 0 Å². The summed E-state index contributed by atoms with van der Waals surface area (Å²) < 4.78 is 19.2. The molecule has 1 atom stereocenters. The minimum atomic E-state index is -0.508. The molecule has 4 nitrogen and oxygen atoms in total. The lowest BCUT2D eigenvalue weighted by atomic mass is 10.1. The van der Waals surface area contributed by atoms with Gasteiger partial charge in [-0.3, -0.25) is 9.69 Å². The van der Waals surface area contributed by atoms with Gasteiger partial charge in [0.1, 0.15) is 5.82 Å². The second kappa shape index (κ2) is 7.15. The van der Waals surface area contributed by atoms with Crippen molar-refractivity contribution in [1.82, 2.24) is 10.2 Å². The van der Waals surface area contributed by atoms with Crippen LogP contribution in [-0.2, 0) is 4.74 Å². The Balaban J connectivity index is 1.93. The lowest BCUT2D eigenvalue weighted by molar-refractivity contribution is 0.0931. The van der Waals surface area contributed by atoms with Crippen molar-refractivity contribution in [1.29, 1.82) is 0 Å². The standard InChI is InChI=1S/C14H18BrFN2O2/c1-20-8-7-18-6-5-10(9-18)17-14(19)13-11(15)3-2-4-12(13)16/h2-4,10H,5-9H2,1H3,(H,17,19)/t10-/m0/s1. The van der Waals surface area contributed by atoms with Gasteiger partial charge in [0.25, 0.3) is 5.91 Å². The molecule has 1 aromatic rings. The number of hydrogen-bond acceptors (Lipinski definition) is 3. The Hall–Kier alpha value is -0.980. The number of hydrogen-bond donors (Lipinski definition) is 1. The topological polar surface area (TPSA) is 41.6 Å². The van der Waals surface area contributed by atoms with Gasteiger partial charge in [0.2, 0.25) is 0 Å². The highest BCUT2D eigenvalue weighted by molar-refractivity contribution is 9.10. The van der Waals surface area contributed by atoms with Crippen molar-refractivity contribution in [2.24, 2.45) is 0 Å². The zero-order valence-electron chi connectivity index (χ0n) is 11.4. The molecule has 1 aromatic carbocycles. The number of amides is 1. The molecule has 1 amide bonds. The van der Waals surface area contributed by atoms with E-state index in [9.17, 15) is 9.18 Å². The van der Waals surface area contributed by atoms with Crippen molar-refractivity contribution in [3.8, 4) is 0 Å². The van der Waals surface area contributed by atoms with Gasteiger partial charge in [0.15, 0.2) is 0 Å². The summed E-state index contributed by atoms with van der Waals surface area (Å²) in [5.41, 5.74) is 0.0721. The molecule has 2 rings (SSSR count). The zero-order valence-corrected chi connectivity index (χ0v) is 13.0. The number of likely N-dealkylation sites (tertiary alicyclic amines) is 1. The SMILES string of the molecule is COCCN1CC[C@H](NC(=O)c2c(F)cccc2Br)C1. The molecule has 110 valence electrons. The predicted molar refractivity (Wildman–Crippen MR) is 78.3 cm³/mol. The van der Waals surface area contributed by atoms with Crippen LogP contribution in [0.2, 0.25) is 0 Å². The summed E-state index contributed by atoms with van der Waals surface area (Å²) >= 11 is 3.22. The smallest absolute Gasteiger partial charge is 0.255 e. The maximum Gasteiger partial charge on any atom is 0.255 e. The Bertz CT molecular complexity index is 464. The molecule has 1 aliphatic rings. The first-order valence-corrected chi connectivity index (χ1v) is 7.37. The molecule has 0 unspecified atom stereocenters. The quantitative estimate of drug-likeness (QED) is 0.888. The van der Waals surface area contributed by atoms with Crippen LogP contribution >= 0.6 is 15.9 Å². The van der Waals surface area contributed by atoms with E-state index in [1.165, 1.54) is 6.07 Å². The fraction of sp³-hybridized carbons (Fsp3) is 0.500. The number of nitrogens with one attached hydrogen (secondary N) is 1. The van der Waals surface area contributed by atoms with Crippen molar-refractivity contribution in [2.45, 2.75) is 12.5 Å². The molecule has 1 saturated heterocycles. The molecule has 1 aliphatic heterocycles. The van der Waals surface area contributed by atoms with Gasteiger partial charge in [-0.05, 0) is 34.5 Å². The Morgan fingerprint density at radius 1 is 1.60 bits per heavy atom. The molecule has 0 bridgehead atoms. The maximum absolute atomic E-state index is 13.7. The molecule has 0 radical (unpaired) electrons. The van der Waals surface area contributed by atoms with Crippen LogP contribution in [-0.4, -0.2) is 50.2 Å². The van der Waals surface area contributed by atoms with Crippen LogP contribution in [0.4, 0.5) is 4.39 Å². The van der Waals surface area contributed by atoms with E-state index < -0.39 is 5.82 Å². The van der Waals surface area contributed by atoms with Crippen LogP contribution in [0.25, 0.3) is 0 Å². The molecule has 1 N–H and O–H groups in total. The third-order valence-electron chi connectivity index (χ3n) is 3.41. The highest BCUT2D eigenvalue weighted by Crippen LogP contribution is 2.20. The molecular formula is C14H18BrFN2O2. The summed E-state index contributed by atoms with van der Waals surface area (Å²) in [6, 6.07) is 4.58. The van der Waals surface area contributed by atoms with E-state index in [0.29, 0.717) is 11.1 Å². The fourth-order valence-electron chi connectivity index (χ4n) is 2.35. The second-order valence-corrected chi connectivity index (χ2v) is 5.70. The molecule has 1 fully saturated rings. The van der Waals surface area contributed by atoms with Crippen molar-refractivity contribution in [3.05, 3.63) is 34.1 Å². The van der Waals surface area contributed by atoms with Crippen LogP contribution in [0.3, 0.4) is 0 Å². The van der Waals surface area contributed by atoms with E-state index in [0.717, 1.165) is 26.1 Å². The van der Waals surface area contributed by atoms with Crippen molar-refractivity contribution < 1.29 is 13.9 Å². The summed E-state index contributed by atoms with van der Waals surface area (Å²) in [5, 5.41) is 2.89. The summed E-state index contributed by atoms with van der Waals surface area (Å²) in [5.74, 6) is -0.875. The van der Waals surface area contributed by atoms with Crippen LogP contribution in [0.15, 0.2) is 22.7 Å². The second-order valence-electron chi connectivity index (χ2n) is 4.85. The minimum Gasteiger partial charge on any atom is -0.383 e. The fourth-order valence-corrected chi connectivity index (χ4v) is 2.87. The number of carbonyl (C=O) groups excluding carboxylic acids is 1. The molecule has 0 saturated carbocycles. The van der Waals surface area contributed by atoms with E-state index in [-0.39, 0.29) is 17.5 Å². The average Bonchev–Trinajstić information content (AvgIpc) is 2.83. The zero-order chi connectivity index (χ0) is 14.5. The third-order valence-corrected chi connectivity index (χ3v) is 4.07. The van der Waals surface area contributed by atoms with Gasteiger partial charge in [-0.1, -0.05) is 6.07 Å². The number of rotatable bonds is 5. The maximum atomic E-state index is 13.7. The molecule has 6 heteroatoms. The monoisotopic (exact) mass is 344 g/mol. The molecule has 0 aromatic heterocycles. The highest BCUT2D eigenvalue weighted by Gasteiger charge is 2.25. The Labute approximate surface area is 126 Å². The first-order chi connectivity index (χ1) is 9.61. The molecule has 1 heterocycles. The summed E-state index contributed by atoms with van der Waals surface area (Å²) in [4.78, 5) is 14.4. The van der Waals surface area contributed by atoms with Crippen molar-refractivity contribution >= 4 is 21.8 Å². The highest BCUT2D eigenvalue weighted by atomic mass is 79.9. The molecule has 20 heavy (non-hydrogen) atoms. The van der Waals surface area contributed by atoms with Crippen molar-refractivity contribution in [3.63, 3.8) is 0 Å². The molecule has 0 spiro atoms. The summed E-state index contributed by atoms with van der Waals surface area (Å²) in [7, 11) is 1.67. The average molecular weight is 345 g/mol. The minimum absolute atomic E-state index is 0.0610. The predicted octanol–water partition coefficient (Wildman–Crippen LogP) is 2.04. The normalized spacial score (nSPS) is 19.2. The molecular weight excluding hydrogens is 327 g/mol. The van der Waals surface area contributed by atoms with E-state index in [2.05, 4.69) is 26.1 Å². The van der Waals surface area contributed by atoms with Crippen molar-refractivity contribution in [2.75, 3.05) is 33.4 Å². The lowest BCUT2D eigenvalue weighted by Crippen LogP contribution is -2.38. The Morgan fingerprint density at radius 3 is 3.10 bits per heavy atom. The number of ether oxygens (including phenoxy) is 1. The van der Waals surface area contributed by atoms with E-state index in [1.807, 2.05) is 0 Å². The van der Waals surface area contributed by atoms with Crippen LogP contribution in [0, 0.1) is 5.82 Å². The van der Waals surface area contributed by atoms with E-state index in [1.54, 1.807) is 19.2 Å². The number of methoxy groups -OCH3 is 1. The number of benzene rings is 1. The van der Waals surface area contributed by atoms with Crippen LogP contribution < -0.4 is 5.32 Å². The van der Waals surface area contributed by atoms with E-state index in [4.69, 9.17) is 4.74 Å². The Kier molecular flexibility index (Phi) is 5.51. The lowest BCUT2D eigenvalue weighted by Gasteiger charge is -2.16. The van der Waals surface area contributed by atoms with Crippen LogP contribution in [0.5, 0.6) is 0 Å². The van der Waals surface area contributed by atoms with Gasteiger partial charge in [0, 0.05) is 37.3 Å². The number of nitrogens with zero attached hydrogens (tertiary/aromatic N) is 1.